The Hall–Kier alpha value is -2.70. The monoisotopic (exact) mass is 508 g/mol. The molecule has 3 atom stereocenters. The van der Waals surface area contributed by atoms with Crippen molar-refractivity contribution >= 4 is 15.7 Å². The summed E-state index contributed by atoms with van der Waals surface area (Å²) in [6.07, 6.45) is -4.36. The highest BCUT2D eigenvalue weighted by Gasteiger charge is 2.65. The first-order chi connectivity index (χ1) is 15.5. The van der Waals surface area contributed by atoms with E-state index in [0.717, 1.165) is 31.4 Å². The van der Waals surface area contributed by atoms with E-state index >= 15 is 0 Å². The Morgan fingerprint density at radius 3 is 2.53 bits per heavy atom. The number of oxazole rings is 1. The summed E-state index contributed by atoms with van der Waals surface area (Å²) in [5.74, 6) is -4.48. The van der Waals surface area contributed by atoms with Gasteiger partial charge in [-0.1, -0.05) is 0 Å². The van der Waals surface area contributed by atoms with Gasteiger partial charge in [0.15, 0.2) is 21.6 Å². The molecule has 2 fully saturated rings. The number of amides is 1. The van der Waals surface area contributed by atoms with E-state index in [1.165, 1.54) is 4.90 Å². The second kappa shape index (κ2) is 7.65. The highest BCUT2D eigenvalue weighted by Crippen LogP contribution is 2.59. The quantitative estimate of drug-likeness (QED) is 0.550. The second-order valence-corrected chi connectivity index (χ2v) is 10.9. The number of ether oxygens (including phenoxy) is 1. The van der Waals surface area contributed by atoms with Crippen LogP contribution in [0, 0.1) is 5.92 Å². The minimum atomic E-state index is -4.67. The molecule has 13 heteroatoms. The number of fused-ring (bicyclic) bond motifs is 1. The number of rotatable bonds is 6. The van der Waals surface area contributed by atoms with Crippen molar-refractivity contribution in [3.63, 3.8) is 0 Å². The van der Waals surface area contributed by atoms with E-state index in [4.69, 9.17) is 9.15 Å². The average Bonchev–Trinajstić information content (AvgIpc) is 3.07. The fraction of sp³-hybridized carbons (Fsp3) is 0.524. The highest BCUT2D eigenvalue weighted by molar-refractivity contribution is 7.90. The first-order valence-electron chi connectivity index (χ1n) is 10.2. The van der Waals surface area contributed by atoms with Crippen molar-refractivity contribution in [2.24, 2.45) is 5.92 Å². The van der Waals surface area contributed by atoms with Crippen LogP contribution in [0.15, 0.2) is 33.8 Å². The number of carbonyl (C=O) groups is 1. The third-order valence-corrected chi connectivity index (χ3v) is 7.39. The van der Waals surface area contributed by atoms with E-state index < -0.39 is 45.1 Å². The number of likely N-dealkylation sites (tertiary alicyclic amines) is 1. The van der Waals surface area contributed by atoms with E-state index in [1.54, 1.807) is 0 Å². The molecule has 34 heavy (non-hydrogen) atoms. The summed E-state index contributed by atoms with van der Waals surface area (Å²) >= 11 is 0. The largest absolute Gasteiger partial charge is 0.484 e. The van der Waals surface area contributed by atoms with Crippen molar-refractivity contribution in [2.75, 3.05) is 19.3 Å². The highest BCUT2D eigenvalue weighted by atomic mass is 32.2. The van der Waals surface area contributed by atoms with Gasteiger partial charge >= 0.3 is 6.18 Å². The first kappa shape index (κ1) is 24.4. The van der Waals surface area contributed by atoms with Crippen LogP contribution in [-0.2, 0) is 21.4 Å². The Bertz CT molecular complexity index is 1240. The lowest BCUT2D eigenvalue weighted by Crippen LogP contribution is -2.35. The number of alkyl halides is 5. The van der Waals surface area contributed by atoms with E-state index in [1.807, 2.05) is 0 Å². The van der Waals surface area contributed by atoms with Crippen molar-refractivity contribution in [1.29, 1.82) is 0 Å². The fourth-order valence-electron chi connectivity index (χ4n) is 4.08. The van der Waals surface area contributed by atoms with Crippen molar-refractivity contribution < 1.29 is 44.3 Å². The normalized spacial score (nSPS) is 23.5. The number of aromatic nitrogens is 1. The van der Waals surface area contributed by atoms with Gasteiger partial charge in [-0.3, -0.25) is 4.79 Å². The third kappa shape index (κ3) is 4.37. The van der Waals surface area contributed by atoms with Crippen LogP contribution in [0.2, 0.25) is 0 Å². The summed E-state index contributed by atoms with van der Waals surface area (Å²) < 4.78 is 100. The lowest BCUT2D eigenvalue weighted by atomic mass is 10.1. The molecule has 1 saturated carbocycles. The molecule has 2 aliphatic rings. The molecule has 186 valence electrons. The lowest BCUT2D eigenvalue weighted by molar-refractivity contribution is -0.141. The Kier molecular flexibility index (Phi) is 5.50. The third-order valence-electron chi connectivity index (χ3n) is 6.28. The number of halogens is 5. The molecule has 1 aliphatic heterocycles. The maximum absolute atomic E-state index is 13.7. The predicted octanol–water partition coefficient (Wildman–Crippen LogP) is 3.93. The predicted molar refractivity (Wildman–Crippen MR) is 107 cm³/mol. The number of sulfone groups is 1. The van der Waals surface area contributed by atoms with Gasteiger partial charge in [-0.2, -0.15) is 13.2 Å². The Morgan fingerprint density at radius 2 is 1.97 bits per heavy atom. The molecule has 2 aromatic rings. The SMILES string of the molecule is C[C@@H](Oc1ccc(S(C)(=O)=O)cc1C(=O)N1CC2CC2(c2nc(C(F)(F)F)co2)C1)C(C)(F)F. The van der Waals surface area contributed by atoms with Gasteiger partial charge in [-0.15, -0.1) is 0 Å². The van der Waals surface area contributed by atoms with Gasteiger partial charge in [0.2, 0.25) is 5.89 Å². The van der Waals surface area contributed by atoms with E-state index in [0.29, 0.717) is 19.6 Å². The molecule has 4 rings (SSSR count). The Balaban J connectivity index is 1.63. The van der Waals surface area contributed by atoms with E-state index in [9.17, 15) is 35.2 Å². The van der Waals surface area contributed by atoms with E-state index in [2.05, 4.69) is 4.98 Å². The van der Waals surface area contributed by atoms with Crippen molar-refractivity contribution in [3.05, 3.63) is 41.6 Å². The minimum Gasteiger partial charge on any atom is -0.484 e. The molecule has 0 N–H and O–H groups in total. The van der Waals surface area contributed by atoms with Crippen LogP contribution >= 0.6 is 0 Å². The van der Waals surface area contributed by atoms with Gasteiger partial charge < -0.3 is 14.1 Å². The molecule has 0 bridgehead atoms. The number of hydrogen-bond acceptors (Lipinski definition) is 6. The van der Waals surface area contributed by atoms with Crippen LogP contribution in [0.25, 0.3) is 0 Å². The second-order valence-electron chi connectivity index (χ2n) is 8.93. The van der Waals surface area contributed by atoms with Crippen molar-refractivity contribution in [3.8, 4) is 5.75 Å². The van der Waals surface area contributed by atoms with Crippen molar-refractivity contribution in [1.82, 2.24) is 9.88 Å². The van der Waals surface area contributed by atoms with Gasteiger partial charge in [-0.25, -0.2) is 22.2 Å². The van der Waals surface area contributed by atoms with Gasteiger partial charge in [0.25, 0.3) is 11.8 Å². The molecule has 7 nitrogen and oxygen atoms in total. The van der Waals surface area contributed by atoms with Crippen LogP contribution in [0.5, 0.6) is 5.75 Å². The summed E-state index contributed by atoms with van der Waals surface area (Å²) in [4.78, 5) is 18.0. The van der Waals surface area contributed by atoms with Gasteiger partial charge in [-0.05, 0) is 37.5 Å². The molecule has 1 amide bonds. The van der Waals surface area contributed by atoms with Crippen molar-refractivity contribution in [2.45, 2.75) is 48.8 Å². The molecule has 1 saturated heterocycles. The molecule has 0 spiro atoms. The molecule has 1 aromatic heterocycles. The van der Waals surface area contributed by atoms with Crippen LogP contribution in [0.3, 0.4) is 0 Å². The maximum Gasteiger partial charge on any atom is 0.436 e. The molecular formula is C21H21F5N2O5S. The molecule has 2 unspecified atom stereocenters. The van der Waals surface area contributed by atoms with Crippen LogP contribution in [0.4, 0.5) is 22.0 Å². The standard InChI is InChI=1S/C21H21F5N2O5S/c1-11(19(2,22)23)33-15-5-4-13(34(3,30)31)6-14(15)17(29)28-8-12-7-20(12,10-28)18-27-16(9-32-18)21(24,25)26/h4-6,9,11-12H,7-8,10H2,1-3H3/t11-,12?,20?/m1/s1. The first-order valence-corrected chi connectivity index (χ1v) is 12.1. The molecule has 2 heterocycles. The topological polar surface area (TPSA) is 89.7 Å². The zero-order valence-electron chi connectivity index (χ0n) is 18.3. The number of piperidine rings is 1. The van der Waals surface area contributed by atoms with E-state index in [-0.39, 0.29) is 41.1 Å². The number of carbonyl (C=O) groups excluding carboxylic acids is 1. The number of hydrogen-bond donors (Lipinski definition) is 0. The summed E-state index contributed by atoms with van der Waals surface area (Å²) in [6, 6.07) is 3.34. The summed E-state index contributed by atoms with van der Waals surface area (Å²) in [6.45, 7) is 1.90. The van der Waals surface area contributed by atoms with Gasteiger partial charge in [0.1, 0.15) is 12.0 Å². The van der Waals surface area contributed by atoms with Crippen LogP contribution in [-0.4, -0.2) is 55.6 Å². The fourth-order valence-corrected chi connectivity index (χ4v) is 4.72. The zero-order valence-corrected chi connectivity index (χ0v) is 19.1. The Morgan fingerprint density at radius 1 is 1.29 bits per heavy atom. The summed E-state index contributed by atoms with van der Waals surface area (Å²) in [5.41, 5.74) is -2.28. The minimum absolute atomic E-state index is 0.0175. The number of nitrogens with zero attached hydrogens (tertiary/aromatic N) is 2. The maximum atomic E-state index is 13.7. The smallest absolute Gasteiger partial charge is 0.436 e. The van der Waals surface area contributed by atoms with Gasteiger partial charge in [0, 0.05) is 26.3 Å². The molecular weight excluding hydrogens is 487 g/mol. The lowest BCUT2D eigenvalue weighted by Gasteiger charge is -2.25. The van der Waals surface area contributed by atoms with Crippen LogP contribution < -0.4 is 4.74 Å². The summed E-state index contributed by atoms with van der Waals surface area (Å²) in [5, 5.41) is 0. The average molecular weight is 508 g/mol. The summed E-state index contributed by atoms with van der Waals surface area (Å²) in [7, 11) is -3.73. The molecule has 1 aromatic carbocycles. The van der Waals surface area contributed by atoms with Gasteiger partial charge in [0.05, 0.1) is 15.9 Å². The molecule has 0 radical (unpaired) electrons. The molecule has 1 aliphatic carbocycles. The Labute approximate surface area is 191 Å². The zero-order chi connectivity index (χ0) is 25.3. The van der Waals surface area contributed by atoms with Crippen LogP contribution in [0.1, 0.15) is 42.2 Å². The number of benzene rings is 1.